The first-order chi connectivity index (χ1) is 11.7. The van der Waals surface area contributed by atoms with E-state index in [0.29, 0.717) is 23.6 Å². The van der Waals surface area contributed by atoms with E-state index < -0.39 is 0 Å². The summed E-state index contributed by atoms with van der Waals surface area (Å²) in [7, 11) is 0. The lowest BCUT2D eigenvalue weighted by atomic mass is 10.1. The minimum absolute atomic E-state index is 0.0254. The molecular weight excluding hydrogens is 307 g/mol. The number of carbonyl (C=O) groups is 1. The van der Waals surface area contributed by atoms with E-state index in [2.05, 4.69) is 10.3 Å². The zero-order chi connectivity index (χ0) is 16.3. The number of hydrogen-bond donors (Lipinski definition) is 0. The molecule has 2 aromatic rings. The van der Waals surface area contributed by atoms with Crippen molar-refractivity contribution < 1.29 is 9.18 Å². The summed E-state index contributed by atoms with van der Waals surface area (Å²) in [5.41, 5.74) is 2.15. The monoisotopic (exact) mass is 326 g/mol. The van der Waals surface area contributed by atoms with E-state index in [1.807, 2.05) is 4.90 Å². The van der Waals surface area contributed by atoms with Crippen LogP contribution < -0.4 is 0 Å². The van der Waals surface area contributed by atoms with Crippen molar-refractivity contribution in [3.8, 4) is 5.69 Å². The van der Waals surface area contributed by atoms with Crippen LogP contribution in [0.5, 0.6) is 0 Å². The molecule has 1 aliphatic heterocycles. The molecule has 2 atom stereocenters. The van der Waals surface area contributed by atoms with Gasteiger partial charge in [0.05, 0.1) is 11.4 Å². The maximum Gasteiger partial charge on any atom is 0.276 e. The van der Waals surface area contributed by atoms with Crippen LogP contribution in [0.1, 0.15) is 54.2 Å². The quantitative estimate of drug-likeness (QED) is 0.871. The minimum Gasteiger partial charge on any atom is -0.334 e. The Kier molecular flexibility index (Phi) is 3.02. The first kappa shape index (κ1) is 14.1. The van der Waals surface area contributed by atoms with Crippen molar-refractivity contribution in [1.82, 2.24) is 19.9 Å². The Balaban J connectivity index is 1.52. The van der Waals surface area contributed by atoms with Gasteiger partial charge in [0, 0.05) is 18.5 Å². The number of piperidine rings is 1. The molecule has 1 saturated heterocycles. The fourth-order valence-electron chi connectivity index (χ4n) is 4.25. The minimum atomic E-state index is -0.281. The Morgan fingerprint density at radius 3 is 2.54 bits per heavy atom. The molecule has 2 saturated carbocycles. The van der Waals surface area contributed by atoms with Crippen LogP contribution in [0.15, 0.2) is 24.3 Å². The second kappa shape index (κ2) is 5.13. The van der Waals surface area contributed by atoms with Crippen molar-refractivity contribution in [3.63, 3.8) is 0 Å². The first-order valence-electron chi connectivity index (χ1n) is 8.73. The topological polar surface area (TPSA) is 51.0 Å². The molecule has 2 heterocycles. The van der Waals surface area contributed by atoms with E-state index in [9.17, 15) is 9.18 Å². The van der Waals surface area contributed by atoms with Gasteiger partial charge in [0.25, 0.3) is 5.91 Å². The summed E-state index contributed by atoms with van der Waals surface area (Å²) in [4.78, 5) is 15.0. The molecule has 0 radical (unpaired) electrons. The van der Waals surface area contributed by atoms with Gasteiger partial charge in [0.1, 0.15) is 5.82 Å². The fourth-order valence-corrected chi connectivity index (χ4v) is 4.25. The number of benzene rings is 1. The van der Waals surface area contributed by atoms with E-state index >= 15 is 0 Å². The standard InChI is InChI=1S/C18H19FN4O/c19-13-4-7-14(8-5-13)23-17(12-2-3-12)16(20-21-23)18(24)22-10-11-1-6-15(22)9-11/h4-5,7-8,11-12,15H,1-3,6,9-10H2. The van der Waals surface area contributed by atoms with Crippen molar-refractivity contribution in [2.24, 2.45) is 5.92 Å². The summed E-state index contributed by atoms with van der Waals surface area (Å²) >= 11 is 0. The third-order valence-electron chi connectivity index (χ3n) is 5.61. The highest BCUT2D eigenvalue weighted by atomic mass is 19.1. The van der Waals surface area contributed by atoms with Crippen LogP contribution in [-0.2, 0) is 0 Å². The molecule has 5 rings (SSSR count). The van der Waals surface area contributed by atoms with Gasteiger partial charge in [0.2, 0.25) is 0 Å². The molecule has 0 spiro atoms. The molecular formula is C18H19FN4O. The number of carbonyl (C=O) groups excluding carboxylic acids is 1. The smallest absolute Gasteiger partial charge is 0.276 e. The van der Waals surface area contributed by atoms with Gasteiger partial charge in [-0.05, 0) is 62.3 Å². The Hall–Kier alpha value is -2.24. The number of likely N-dealkylation sites (tertiary alicyclic amines) is 1. The fraction of sp³-hybridized carbons (Fsp3) is 0.500. The number of rotatable bonds is 3. The number of nitrogens with zero attached hydrogens (tertiary/aromatic N) is 4. The largest absolute Gasteiger partial charge is 0.334 e. The van der Waals surface area contributed by atoms with Crippen LogP contribution in [0.2, 0.25) is 0 Å². The zero-order valence-corrected chi connectivity index (χ0v) is 13.4. The molecule has 3 aliphatic rings. The van der Waals surface area contributed by atoms with Gasteiger partial charge in [-0.1, -0.05) is 5.21 Å². The molecule has 24 heavy (non-hydrogen) atoms. The SMILES string of the molecule is O=C(c1nnn(-c2ccc(F)cc2)c1C1CC1)N1CC2CCC1C2. The van der Waals surface area contributed by atoms with Crippen molar-refractivity contribution in [1.29, 1.82) is 0 Å². The lowest BCUT2D eigenvalue weighted by Gasteiger charge is -2.26. The maximum absolute atomic E-state index is 13.2. The number of amides is 1. The predicted molar refractivity (Wildman–Crippen MR) is 85.5 cm³/mol. The van der Waals surface area contributed by atoms with Crippen molar-refractivity contribution in [3.05, 3.63) is 41.5 Å². The van der Waals surface area contributed by atoms with Crippen molar-refractivity contribution in [2.45, 2.75) is 44.1 Å². The summed E-state index contributed by atoms with van der Waals surface area (Å²) < 4.78 is 14.9. The normalized spacial score (nSPS) is 25.5. The highest BCUT2D eigenvalue weighted by molar-refractivity contribution is 5.94. The summed E-state index contributed by atoms with van der Waals surface area (Å²) in [5.74, 6) is 0.743. The van der Waals surface area contributed by atoms with E-state index in [1.54, 1.807) is 16.8 Å². The third kappa shape index (κ3) is 2.16. The van der Waals surface area contributed by atoms with Crippen LogP contribution >= 0.6 is 0 Å². The average Bonchev–Trinajstić information content (AvgIpc) is 3.03. The number of aromatic nitrogens is 3. The Labute approximate surface area is 139 Å². The van der Waals surface area contributed by atoms with Gasteiger partial charge in [0.15, 0.2) is 5.69 Å². The van der Waals surface area contributed by atoms with E-state index in [-0.39, 0.29) is 11.7 Å². The Bertz CT molecular complexity index is 796. The van der Waals surface area contributed by atoms with E-state index in [0.717, 1.165) is 43.6 Å². The molecule has 1 aromatic heterocycles. The van der Waals surface area contributed by atoms with Gasteiger partial charge in [-0.25, -0.2) is 9.07 Å². The van der Waals surface area contributed by atoms with E-state index in [1.165, 1.54) is 18.6 Å². The summed E-state index contributed by atoms with van der Waals surface area (Å²) in [5, 5.41) is 8.46. The lowest BCUT2D eigenvalue weighted by molar-refractivity contribution is 0.0696. The van der Waals surface area contributed by atoms with Crippen LogP contribution in [0.3, 0.4) is 0 Å². The van der Waals surface area contributed by atoms with Crippen LogP contribution in [0, 0.1) is 11.7 Å². The Morgan fingerprint density at radius 2 is 1.92 bits per heavy atom. The van der Waals surface area contributed by atoms with Gasteiger partial charge in [-0.15, -0.1) is 5.10 Å². The molecule has 2 bridgehead atoms. The lowest BCUT2D eigenvalue weighted by Crippen LogP contribution is -2.38. The van der Waals surface area contributed by atoms with E-state index in [4.69, 9.17) is 0 Å². The molecule has 6 heteroatoms. The highest BCUT2D eigenvalue weighted by Gasteiger charge is 2.43. The summed E-state index contributed by atoms with van der Waals surface area (Å²) in [6.07, 6.45) is 5.60. The molecule has 1 amide bonds. The second-order valence-electron chi connectivity index (χ2n) is 7.28. The summed E-state index contributed by atoms with van der Waals surface area (Å²) in [6.45, 7) is 0.858. The first-order valence-corrected chi connectivity index (χ1v) is 8.73. The number of halogens is 1. The molecule has 124 valence electrons. The third-order valence-corrected chi connectivity index (χ3v) is 5.61. The van der Waals surface area contributed by atoms with Crippen LogP contribution in [0.25, 0.3) is 5.69 Å². The van der Waals surface area contributed by atoms with Crippen LogP contribution in [0.4, 0.5) is 4.39 Å². The molecule has 1 aromatic carbocycles. The van der Waals surface area contributed by atoms with Gasteiger partial charge < -0.3 is 4.90 Å². The van der Waals surface area contributed by atoms with Crippen molar-refractivity contribution in [2.75, 3.05) is 6.54 Å². The highest BCUT2D eigenvalue weighted by Crippen LogP contribution is 2.43. The molecule has 3 fully saturated rings. The van der Waals surface area contributed by atoms with Gasteiger partial charge in [-0.3, -0.25) is 4.79 Å². The number of hydrogen-bond acceptors (Lipinski definition) is 3. The molecule has 2 unspecified atom stereocenters. The molecule has 5 nitrogen and oxygen atoms in total. The van der Waals surface area contributed by atoms with Crippen molar-refractivity contribution >= 4 is 5.91 Å². The number of fused-ring (bicyclic) bond motifs is 2. The molecule has 0 N–H and O–H groups in total. The van der Waals surface area contributed by atoms with Crippen LogP contribution in [-0.4, -0.2) is 38.4 Å². The maximum atomic E-state index is 13.2. The average molecular weight is 326 g/mol. The zero-order valence-electron chi connectivity index (χ0n) is 13.4. The second-order valence-corrected chi connectivity index (χ2v) is 7.28. The van der Waals surface area contributed by atoms with Gasteiger partial charge in [-0.2, -0.15) is 0 Å². The predicted octanol–water partition coefficient (Wildman–Crippen LogP) is 2.91. The van der Waals surface area contributed by atoms with Gasteiger partial charge >= 0.3 is 0 Å². The molecule has 2 aliphatic carbocycles. The summed E-state index contributed by atoms with van der Waals surface area (Å²) in [6, 6.07) is 6.57. The Morgan fingerprint density at radius 1 is 1.12 bits per heavy atom.